The molecule has 1 aliphatic heterocycles. The van der Waals surface area contributed by atoms with E-state index in [1.807, 2.05) is 18.9 Å². The van der Waals surface area contributed by atoms with Gasteiger partial charge in [-0.25, -0.2) is 0 Å². The molecule has 122 valence electrons. The van der Waals surface area contributed by atoms with Crippen LogP contribution in [0.15, 0.2) is 12.1 Å². The first-order chi connectivity index (χ1) is 10.4. The zero-order valence-corrected chi connectivity index (χ0v) is 14.2. The fourth-order valence-electron chi connectivity index (χ4n) is 2.61. The molecule has 0 amide bonds. The number of piperazine rings is 1. The lowest BCUT2D eigenvalue weighted by molar-refractivity contribution is -0.144. The lowest BCUT2D eigenvalue weighted by Crippen LogP contribution is -2.47. The van der Waals surface area contributed by atoms with E-state index in [1.54, 1.807) is 12.1 Å². The lowest BCUT2D eigenvalue weighted by atomic mass is 10.0. The monoisotopic (exact) mass is 346 g/mol. The van der Waals surface area contributed by atoms with Gasteiger partial charge in [0.1, 0.15) is 6.04 Å². The Hall–Kier alpha value is -1.01. The van der Waals surface area contributed by atoms with E-state index in [4.69, 9.17) is 27.9 Å². The second-order valence-corrected chi connectivity index (χ2v) is 6.14. The first-order valence-electron chi connectivity index (χ1n) is 7.21. The zero-order valence-electron chi connectivity index (χ0n) is 12.7. The number of halogens is 2. The summed E-state index contributed by atoms with van der Waals surface area (Å²) < 4.78 is 5.39. The largest absolute Gasteiger partial charge is 0.491 e. The number of likely N-dealkylation sites (N-methyl/N-ethyl adjacent to an activating group) is 1. The van der Waals surface area contributed by atoms with Crippen LogP contribution in [0.3, 0.4) is 0 Å². The number of ether oxygens (including phenoxy) is 1. The number of benzene rings is 1. The molecule has 0 saturated carbocycles. The molecule has 1 aromatic rings. The third kappa shape index (κ3) is 3.84. The number of carbonyl (C=O) groups is 1. The van der Waals surface area contributed by atoms with Gasteiger partial charge >= 0.3 is 5.97 Å². The Morgan fingerprint density at radius 3 is 2.27 bits per heavy atom. The van der Waals surface area contributed by atoms with Gasteiger partial charge in [-0.15, -0.1) is 0 Å². The number of hydrogen-bond donors (Lipinski definition) is 1. The van der Waals surface area contributed by atoms with Crippen molar-refractivity contribution >= 4 is 29.2 Å². The van der Waals surface area contributed by atoms with Gasteiger partial charge in [0, 0.05) is 26.2 Å². The molecule has 1 atom stereocenters. The number of aliphatic carboxylic acids is 1. The van der Waals surface area contributed by atoms with Gasteiger partial charge in [-0.05, 0) is 31.7 Å². The number of hydrogen-bond acceptors (Lipinski definition) is 4. The maximum atomic E-state index is 11.7. The van der Waals surface area contributed by atoms with E-state index in [2.05, 4.69) is 4.90 Å². The van der Waals surface area contributed by atoms with Gasteiger partial charge in [0.2, 0.25) is 0 Å². The highest BCUT2D eigenvalue weighted by Crippen LogP contribution is 2.37. The number of nitrogens with zero attached hydrogens (tertiary/aromatic N) is 2. The van der Waals surface area contributed by atoms with E-state index in [0.29, 0.717) is 41.1 Å². The Bertz CT molecular complexity index is 523. The quantitative estimate of drug-likeness (QED) is 0.888. The molecule has 0 spiro atoms. The molecule has 1 heterocycles. The standard InChI is InChI=1S/C15H20Cl2N2O3/c1-3-22-14-11(16)8-10(9-12(14)17)13(15(20)21)19-6-4-18(2)5-7-19/h8-9,13H,3-7H2,1-2H3,(H,20,21). The van der Waals surface area contributed by atoms with Crippen LogP contribution >= 0.6 is 23.2 Å². The topological polar surface area (TPSA) is 53.0 Å². The molecule has 0 aliphatic carbocycles. The van der Waals surface area contributed by atoms with Gasteiger partial charge in [-0.3, -0.25) is 9.69 Å². The second kappa shape index (κ2) is 7.51. The minimum atomic E-state index is -0.902. The second-order valence-electron chi connectivity index (χ2n) is 5.33. The summed E-state index contributed by atoms with van der Waals surface area (Å²) in [5.74, 6) is -0.502. The predicted molar refractivity (Wildman–Crippen MR) is 87.1 cm³/mol. The molecule has 5 nitrogen and oxygen atoms in total. The molecule has 1 aromatic carbocycles. The fraction of sp³-hybridized carbons (Fsp3) is 0.533. The van der Waals surface area contributed by atoms with Gasteiger partial charge in [-0.2, -0.15) is 0 Å². The normalized spacial score (nSPS) is 18.2. The van der Waals surface area contributed by atoms with E-state index in [9.17, 15) is 9.90 Å². The summed E-state index contributed by atoms with van der Waals surface area (Å²) >= 11 is 12.4. The summed E-state index contributed by atoms with van der Waals surface area (Å²) in [4.78, 5) is 15.9. The van der Waals surface area contributed by atoms with Crippen LogP contribution in [0, 0.1) is 0 Å². The molecule has 1 unspecified atom stereocenters. The Kier molecular flexibility index (Phi) is 5.92. The summed E-state index contributed by atoms with van der Waals surface area (Å²) in [6.07, 6.45) is 0. The third-order valence-electron chi connectivity index (χ3n) is 3.76. The first kappa shape index (κ1) is 17.3. The predicted octanol–water partition coefficient (Wildman–Crippen LogP) is 2.77. The summed E-state index contributed by atoms with van der Waals surface area (Å²) in [5.41, 5.74) is 0.579. The zero-order chi connectivity index (χ0) is 16.3. The summed E-state index contributed by atoms with van der Waals surface area (Å²) in [5, 5.41) is 10.3. The molecule has 1 fully saturated rings. The summed E-state index contributed by atoms with van der Waals surface area (Å²) in [6.45, 7) is 5.33. The first-order valence-corrected chi connectivity index (χ1v) is 7.96. The Labute approximate surface area is 140 Å². The highest BCUT2D eigenvalue weighted by atomic mass is 35.5. The van der Waals surface area contributed by atoms with E-state index in [0.717, 1.165) is 13.1 Å². The molecule has 22 heavy (non-hydrogen) atoms. The smallest absolute Gasteiger partial charge is 0.325 e. The van der Waals surface area contributed by atoms with Crippen LogP contribution in [-0.4, -0.2) is 60.7 Å². The van der Waals surface area contributed by atoms with E-state index in [1.165, 1.54) is 0 Å². The molecule has 7 heteroatoms. The van der Waals surface area contributed by atoms with Gasteiger partial charge in [0.05, 0.1) is 16.7 Å². The highest BCUT2D eigenvalue weighted by Gasteiger charge is 2.30. The van der Waals surface area contributed by atoms with Crippen LogP contribution in [0.25, 0.3) is 0 Å². The van der Waals surface area contributed by atoms with E-state index >= 15 is 0 Å². The van der Waals surface area contributed by atoms with Crippen molar-refractivity contribution in [3.63, 3.8) is 0 Å². The van der Waals surface area contributed by atoms with E-state index in [-0.39, 0.29) is 0 Å². The van der Waals surface area contributed by atoms with Crippen LogP contribution in [-0.2, 0) is 4.79 Å². The average molecular weight is 347 g/mol. The van der Waals surface area contributed by atoms with E-state index < -0.39 is 12.0 Å². The fourth-order valence-corrected chi connectivity index (χ4v) is 3.22. The van der Waals surface area contributed by atoms with Crippen molar-refractivity contribution in [3.8, 4) is 5.75 Å². The molecule has 2 rings (SSSR count). The molecule has 1 saturated heterocycles. The highest BCUT2D eigenvalue weighted by molar-refractivity contribution is 6.37. The van der Waals surface area contributed by atoms with Crippen LogP contribution in [0.5, 0.6) is 5.75 Å². The number of carboxylic acid groups (broad SMARTS) is 1. The molecule has 0 radical (unpaired) electrons. The van der Waals surface area contributed by atoms with Gasteiger partial charge in [0.25, 0.3) is 0 Å². The summed E-state index contributed by atoms with van der Waals surface area (Å²) in [7, 11) is 2.03. The van der Waals surface area contributed by atoms with Crippen LogP contribution in [0.2, 0.25) is 10.0 Å². The van der Waals surface area contributed by atoms with Gasteiger partial charge < -0.3 is 14.7 Å². The van der Waals surface area contributed by atoms with Crippen molar-refractivity contribution in [1.29, 1.82) is 0 Å². The number of carboxylic acids is 1. The van der Waals surface area contributed by atoms with Crippen molar-refractivity contribution in [1.82, 2.24) is 9.80 Å². The van der Waals surface area contributed by atoms with Crippen LogP contribution in [0.4, 0.5) is 0 Å². The number of rotatable bonds is 5. The minimum absolute atomic E-state index is 0.338. The maximum Gasteiger partial charge on any atom is 0.325 e. The Morgan fingerprint density at radius 1 is 1.27 bits per heavy atom. The van der Waals surface area contributed by atoms with Gasteiger partial charge in [0.15, 0.2) is 5.75 Å². The maximum absolute atomic E-state index is 11.7. The van der Waals surface area contributed by atoms with Crippen molar-refractivity contribution in [2.24, 2.45) is 0 Å². The third-order valence-corrected chi connectivity index (χ3v) is 4.32. The van der Waals surface area contributed by atoms with Gasteiger partial charge in [-0.1, -0.05) is 23.2 Å². The van der Waals surface area contributed by atoms with Crippen molar-refractivity contribution < 1.29 is 14.6 Å². The molecular weight excluding hydrogens is 327 g/mol. The van der Waals surface area contributed by atoms with Crippen molar-refractivity contribution in [2.45, 2.75) is 13.0 Å². The SMILES string of the molecule is CCOc1c(Cl)cc(C(C(=O)O)N2CCN(C)CC2)cc1Cl. The Morgan fingerprint density at radius 2 is 1.82 bits per heavy atom. The molecule has 1 aliphatic rings. The Balaban J connectivity index is 2.31. The summed E-state index contributed by atoms with van der Waals surface area (Å²) in [6, 6.07) is 2.52. The average Bonchev–Trinajstić information content (AvgIpc) is 2.45. The molecule has 0 bridgehead atoms. The van der Waals surface area contributed by atoms with Crippen molar-refractivity contribution in [2.75, 3.05) is 39.8 Å². The molecular formula is C15H20Cl2N2O3. The lowest BCUT2D eigenvalue weighted by Gasteiger charge is -2.36. The van der Waals surface area contributed by atoms with Crippen LogP contribution in [0.1, 0.15) is 18.5 Å². The molecule has 1 N–H and O–H groups in total. The minimum Gasteiger partial charge on any atom is -0.491 e. The van der Waals surface area contributed by atoms with Crippen LogP contribution < -0.4 is 4.74 Å². The molecule has 0 aromatic heterocycles. The van der Waals surface area contributed by atoms with Crippen molar-refractivity contribution in [3.05, 3.63) is 27.7 Å².